The van der Waals surface area contributed by atoms with Gasteiger partial charge in [0.05, 0.1) is 12.4 Å². The van der Waals surface area contributed by atoms with Crippen molar-refractivity contribution in [2.75, 3.05) is 5.32 Å². The van der Waals surface area contributed by atoms with Gasteiger partial charge in [0.25, 0.3) is 0 Å². The summed E-state index contributed by atoms with van der Waals surface area (Å²) in [5, 5.41) is 3.81. The van der Waals surface area contributed by atoms with Crippen LogP contribution < -0.4 is 5.32 Å². The number of rotatable bonds is 3. The van der Waals surface area contributed by atoms with Gasteiger partial charge in [-0.05, 0) is 24.3 Å². The van der Waals surface area contributed by atoms with Crippen molar-refractivity contribution >= 4 is 22.5 Å². The molecular formula is C18H11F2N5. The third kappa shape index (κ3) is 2.99. The van der Waals surface area contributed by atoms with Crippen LogP contribution in [0.25, 0.3) is 22.0 Å². The maximum atomic E-state index is 13.5. The Balaban J connectivity index is 1.83. The van der Waals surface area contributed by atoms with Crippen molar-refractivity contribution in [1.82, 2.24) is 19.9 Å². The summed E-state index contributed by atoms with van der Waals surface area (Å²) in [6.45, 7) is 0. The molecule has 0 spiro atoms. The average molecular weight is 335 g/mol. The first-order chi connectivity index (χ1) is 12.2. The van der Waals surface area contributed by atoms with Crippen molar-refractivity contribution in [3.05, 3.63) is 73.0 Å². The lowest BCUT2D eigenvalue weighted by Gasteiger charge is -2.11. The largest absolute Gasteiger partial charge is 0.323 e. The van der Waals surface area contributed by atoms with Gasteiger partial charge >= 0.3 is 0 Å². The van der Waals surface area contributed by atoms with Crippen LogP contribution in [-0.4, -0.2) is 19.9 Å². The molecule has 0 atom stereocenters. The second-order valence-corrected chi connectivity index (χ2v) is 5.30. The number of halogens is 2. The van der Waals surface area contributed by atoms with Gasteiger partial charge in [-0.25, -0.2) is 18.7 Å². The lowest BCUT2D eigenvalue weighted by Crippen LogP contribution is -1.99. The fourth-order valence-corrected chi connectivity index (χ4v) is 2.52. The predicted octanol–water partition coefficient (Wildman–Crippen LogP) is 4.11. The summed E-state index contributed by atoms with van der Waals surface area (Å²) in [7, 11) is 0. The number of hydrogen-bond acceptors (Lipinski definition) is 5. The number of nitrogens with one attached hydrogen (secondary N) is 1. The highest BCUT2D eigenvalue weighted by Crippen LogP contribution is 2.31. The molecule has 0 aliphatic rings. The second-order valence-electron chi connectivity index (χ2n) is 5.30. The summed E-state index contributed by atoms with van der Waals surface area (Å²) in [5.74, 6) is 0.0755. The van der Waals surface area contributed by atoms with Gasteiger partial charge in [0.15, 0.2) is 5.82 Å². The van der Waals surface area contributed by atoms with E-state index in [2.05, 4.69) is 25.3 Å². The monoisotopic (exact) mass is 335 g/mol. The van der Waals surface area contributed by atoms with Crippen LogP contribution in [0.4, 0.5) is 20.4 Å². The minimum atomic E-state index is -0.424. The average Bonchev–Trinajstić information content (AvgIpc) is 2.64. The molecule has 0 amide bonds. The normalized spacial score (nSPS) is 10.8. The molecule has 4 aromatic rings. The Labute approximate surface area is 141 Å². The van der Waals surface area contributed by atoms with E-state index in [1.54, 1.807) is 24.7 Å². The number of anilines is 2. The Morgan fingerprint density at radius 1 is 0.840 bits per heavy atom. The first-order valence-corrected chi connectivity index (χ1v) is 7.44. The first kappa shape index (κ1) is 15.1. The second kappa shape index (κ2) is 6.20. The lowest BCUT2D eigenvalue weighted by molar-refractivity contribution is 0.621. The third-order valence-electron chi connectivity index (χ3n) is 3.63. The van der Waals surface area contributed by atoms with E-state index in [4.69, 9.17) is 0 Å². The van der Waals surface area contributed by atoms with E-state index < -0.39 is 11.6 Å². The number of nitrogens with zero attached hydrogens (tertiary/aromatic N) is 4. The lowest BCUT2D eigenvalue weighted by atomic mass is 10.0. The zero-order valence-corrected chi connectivity index (χ0v) is 12.8. The molecule has 0 bridgehead atoms. The molecule has 4 heterocycles. The first-order valence-electron chi connectivity index (χ1n) is 7.44. The van der Waals surface area contributed by atoms with Crippen LogP contribution in [0.2, 0.25) is 0 Å². The number of aromatic nitrogens is 4. The van der Waals surface area contributed by atoms with E-state index >= 15 is 0 Å². The van der Waals surface area contributed by atoms with Crippen molar-refractivity contribution in [3.63, 3.8) is 0 Å². The maximum absolute atomic E-state index is 13.5. The van der Waals surface area contributed by atoms with Gasteiger partial charge in [0.2, 0.25) is 0 Å². The van der Waals surface area contributed by atoms with Crippen molar-refractivity contribution in [3.8, 4) is 11.1 Å². The zero-order chi connectivity index (χ0) is 17.2. The molecule has 1 N–H and O–H groups in total. The summed E-state index contributed by atoms with van der Waals surface area (Å²) < 4.78 is 26.5. The highest BCUT2D eigenvalue weighted by atomic mass is 19.1. The zero-order valence-electron chi connectivity index (χ0n) is 12.8. The smallest absolute Gasteiger partial charge is 0.158 e. The standard InChI is InChI=1S/C18H11F2N5/c19-12-3-4-16(23-9-12)25-18-17-14(2-1-5-22-17)15(10-24-18)11-6-13(20)8-21-7-11/h1-10H,(H,23,24,25). The van der Waals surface area contributed by atoms with Crippen LogP contribution in [0.5, 0.6) is 0 Å². The van der Waals surface area contributed by atoms with Gasteiger partial charge in [-0.3, -0.25) is 9.97 Å². The van der Waals surface area contributed by atoms with Crippen LogP contribution in [-0.2, 0) is 0 Å². The van der Waals surface area contributed by atoms with Crippen LogP contribution in [0.3, 0.4) is 0 Å². The van der Waals surface area contributed by atoms with Crippen LogP contribution in [0, 0.1) is 11.6 Å². The van der Waals surface area contributed by atoms with Crippen LogP contribution >= 0.6 is 0 Å². The summed E-state index contributed by atoms with van der Waals surface area (Å²) in [6.07, 6.45) is 7.09. The van der Waals surface area contributed by atoms with E-state index in [0.717, 1.165) is 17.8 Å². The van der Waals surface area contributed by atoms with Crippen LogP contribution in [0.1, 0.15) is 0 Å². The van der Waals surface area contributed by atoms with E-state index in [1.807, 2.05) is 6.07 Å². The SMILES string of the molecule is Fc1ccc(Nc2ncc(-c3cncc(F)c3)c3cccnc23)nc1. The quantitative estimate of drug-likeness (QED) is 0.610. The summed E-state index contributed by atoms with van der Waals surface area (Å²) in [6, 6.07) is 7.87. The van der Waals surface area contributed by atoms with Gasteiger partial charge in [-0.1, -0.05) is 6.07 Å². The highest BCUT2D eigenvalue weighted by Gasteiger charge is 2.11. The topological polar surface area (TPSA) is 63.6 Å². The summed E-state index contributed by atoms with van der Waals surface area (Å²) in [4.78, 5) is 16.6. The summed E-state index contributed by atoms with van der Waals surface area (Å²) >= 11 is 0. The van der Waals surface area contributed by atoms with E-state index in [1.165, 1.54) is 18.2 Å². The molecule has 0 radical (unpaired) electrons. The van der Waals surface area contributed by atoms with E-state index in [0.29, 0.717) is 28.3 Å². The Hall–Kier alpha value is -3.48. The number of pyridine rings is 4. The Morgan fingerprint density at radius 2 is 1.76 bits per heavy atom. The predicted molar refractivity (Wildman–Crippen MR) is 90.2 cm³/mol. The maximum Gasteiger partial charge on any atom is 0.158 e. The number of fused-ring (bicyclic) bond motifs is 1. The molecule has 4 aromatic heterocycles. The van der Waals surface area contributed by atoms with Gasteiger partial charge in [-0.2, -0.15) is 0 Å². The molecule has 25 heavy (non-hydrogen) atoms. The van der Waals surface area contributed by atoms with Crippen molar-refractivity contribution in [2.45, 2.75) is 0 Å². The molecule has 0 fully saturated rings. The molecular weight excluding hydrogens is 324 g/mol. The molecule has 122 valence electrons. The molecule has 0 aliphatic heterocycles. The fourth-order valence-electron chi connectivity index (χ4n) is 2.52. The van der Waals surface area contributed by atoms with Gasteiger partial charge < -0.3 is 5.32 Å². The molecule has 0 saturated carbocycles. The Morgan fingerprint density at radius 3 is 2.56 bits per heavy atom. The van der Waals surface area contributed by atoms with Gasteiger partial charge in [0, 0.05) is 35.1 Å². The third-order valence-corrected chi connectivity index (χ3v) is 3.63. The Kier molecular flexibility index (Phi) is 3.74. The van der Waals surface area contributed by atoms with Crippen molar-refractivity contribution in [1.29, 1.82) is 0 Å². The number of hydrogen-bond donors (Lipinski definition) is 1. The summed E-state index contributed by atoms with van der Waals surface area (Å²) in [5.41, 5.74) is 1.92. The minimum absolute atomic E-state index is 0.421. The van der Waals surface area contributed by atoms with E-state index in [-0.39, 0.29) is 0 Å². The molecule has 0 unspecified atom stereocenters. The highest BCUT2D eigenvalue weighted by molar-refractivity contribution is 5.99. The van der Waals surface area contributed by atoms with Crippen molar-refractivity contribution in [2.24, 2.45) is 0 Å². The molecule has 7 heteroatoms. The molecule has 0 saturated heterocycles. The van der Waals surface area contributed by atoms with Gasteiger partial charge in [0.1, 0.15) is 23.0 Å². The van der Waals surface area contributed by atoms with Crippen molar-refractivity contribution < 1.29 is 8.78 Å². The molecule has 4 rings (SSSR count). The van der Waals surface area contributed by atoms with E-state index in [9.17, 15) is 8.78 Å². The fraction of sp³-hybridized carbons (Fsp3) is 0. The molecule has 5 nitrogen and oxygen atoms in total. The molecule has 0 aromatic carbocycles. The van der Waals surface area contributed by atoms with Crippen LogP contribution in [0.15, 0.2) is 61.3 Å². The Bertz CT molecular complexity index is 1050. The molecule has 0 aliphatic carbocycles. The van der Waals surface area contributed by atoms with Gasteiger partial charge in [-0.15, -0.1) is 0 Å². The minimum Gasteiger partial charge on any atom is -0.323 e.